The molecule has 170 valence electrons. The monoisotopic (exact) mass is 450 g/mol. The van der Waals surface area contributed by atoms with Gasteiger partial charge in [-0.3, -0.25) is 14.5 Å². The molecule has 0 bridgehead atoms. The summed E-state index contributed by atoms with van der Waals surface area (Å²) in [6.45, 7) is 3.99. The summed E-state index contributed by atoms with van der Waals surface area (Å²) in [6.07, 6.45) is 0. The molecule has 1 aliphatic rings. The van der Waals surface area contributed by atoms with Crippen molar-refractivity contribution in [2.75, 3.05) is 18.6 Å². The number of carbonyl (C=O) groups is 2. The van der Waals surface area contributed by atoms with Gasteiger partial charge < -0.3 is 24.2 Å². The number of anilines is 1. The maximum Gasteiger partial charge on any atom is 0.301 e. The normalized spacial score (nSPS) is 17.4. The zero-order chi connectivity index (χ0) is 23.7. The van der Waals surface area contributed by atoms with E-state index in [9.17, 15) is 19.8 Å². The fraction of sp³-hybridized carbons (Fsp3) is 0.208. The summed E-state index contributed by atoms with van der Waals surface area (Å²) in [4.78, 5) is 27.3. The number of ether oxygens (including phenoxy) is 2. The lowest BCUT2D eigenvalue weighted by Gasteiger charge is -2.23. The van der Waals surface area contributed by atoms with Crippen molar-refractivity contribution in [1.29, 1.82) is 0 Å². The number of ketones is 1. The van der Waals surface area contributed by atoms with Crippen LogP contribution in [0.15, 0.2) is 58.6 Å². The van der Waals surface area contributed by atoms with Crippen LogP contribution >= 0.6 is 0 Å². The third-order valence-electron chi connectivity index (χ3n) is 5.27. The van der Waals surface area contributed by atoms with Crippen LogP contribution in [-0.2, 0) is 9.59 Å². The Morgan fingerprint density at radius 1 is 1.15 bits per heavy atom. The van der Waals surface area contributed by atoms with E-state index in [-0.39, 0.29) is 28.6 Å². The number of Topliss-reactive ketones (excluding diaryl/α,β-unsaturated/α-hetero) is 1. The molecule has 1 fully saturated rings. The Morgan fingerprint density at radius 2 is 1.88 bits per heavy atom. The van der Waals surface area contributed by atoms with E-state index in [0.29, 0.717) is 29.2 Å². The number of hydrogen-bond donors (Lipinski definition) is 2. The number of benzene rings is 2. The molecule has 4 rings (SSSR count). The zero-order valence-electron chi connectivity index (χ0n) is 18.2. The van der Waals surface area contributed by atoms with Gasteiger partial charge in [-0.05, 0) is 55.8 Å². The van der Waals surface area contributed by atoms with Crippen molar-refractivity contribution >= 4 is 23.3 Å². The SMILES string of the molecule is CCOc1ccc(/C(O)=C2\C(=O)C(=O)N(c3cc(C)on3)[C@H]2c2ccc(O)c(OC)c2)cc1. The van der Waals surface area contributed by atoms with Gasteiger partial charge >= 0.3 is 5.91 Å². The van der Waals surface area contributed by atoms with E-state index in [1.54, 1.807) is 37.3 Å². The Labute approximate surface area is 189 Å². The maximum absolute atomic E-state index is 13.1. The lowest BCUT2D eigenvalue weighted by Crippen LogP contribution is -2.29. The van der Waals surface area contributed by atoms with E-state index in [1.807, 2.05) is 6.92 Å². The second-order valence-corrected chi connectivity index (χ2v) is 7.35. The van der Waals surface area contributed by atoms with Gasteiger partial charge in [-0.2, -0.15) is 0 Å². The van der Waals surface area contributed by atoms with Crippen LogP contribution in [0.2, 0.25) is 0 Å². The van der Waals surface area contributed by atoms with Crippen LogP contribution < -0.4 is 14.4 Å². The van der Waals surface area contributed by atoms with Gasteiger partial charge in [-0.1, -0.05) is 11.2 Å². The molecule has 2 heterocycles. The molecule has 9 nitrogen and oxygen atoms in total. The summed E-state index contributed by atoms with van der Waals surface area (Å²) in [7, 11) is 1.39. The number of aromatic hydroxyl groups is 1. The Hall–Kier alpha value is -4.27. The van der Waals surface area contributed by atoms with Gasteiger partial charge in [0.1, 0.15) is 17.3 Å². The zero-order valence-corrected chi connectivity index (χ0v) is 18.2. The molecular weight excluding hydrogens is 428 g/mol. The van der Waals surface area contributed by atoms with E-state index in [4.69, 9.17) is 14.0 Å². The van der Waals surface area contributed by atoms with Crippen molar-refractivity contribution < 1.29 is 33.8 Å². The quantitative estimate of drug-likeness (QED) is 0.331. The van der Waals surface area contributed by atoms with Crippen LogP contribution in [0.3, 0.4) is 0 Å². The highest BCUT2D eigenvalue weighted by atomic mass is 16.5. The first-order valence-electron chi connectivity index (χ1n) is 10.2. The first kappa shape index (κ1) is 21.9. The third kappa shape index (κ3) is 3.89. The number of aliphatic hydroxyl groups excluding tert-OH is 1. The molecule has 0 radical (unpaired) electrons. The van der Waals surface area contributed by atoms with E-state index >= 15 is 0 Å². The summed E-state index contributed by atoms with van der Waals surface area (Å²) in [5, 5.41) is 25.0. The molecule has 0 saturated carbocycles. The minimum atomic E-state index is -1.03. The molecule has 1 aromatic heterocycles. The molecule has 0 spiro atoms. The van der Waals surface area contributed by atoms with Gasteiger partial charge in [-0.15, -0.1) is 0 Å². The lowest BCUT2D eigenvalue weighted by molar-refractivity contribution is -0.132. The molecule has 2 N–H and O–H groups in total. The summed E-state index contributed by atoms with van der Waals surface area (Å²) < 4.78 is 15.7. The Kier molecular flexibility index (Phi) is 5.78. The number of aryl methyl sites for hydroxylation is 1. The van der Waals surface area contributed by atoms with Gasteiger partial charge in [0.05, 0.1) is 25.3 Å². The van der Waals surface area contributed by atoms with Crippen molar-refractivity contribution in [3.63, 3.8) is 0 Å². The predicted octanol–water partition coefficient (Wildman–Crippen LogP) is 3.72. The van der Waals surface area contributed by atoms with Crippen molar-refractivity contribution in [3.8, 4) is 17.2 Å². The summed E-state index contributed by atoms with van der Waals surface area (Å²) in [5.41, 5.74) is 0.637. The van der Waals surface area contributed by atoms with Gasteiger partial charge in [0.2, 0.25) is 0 Å². The van der Waals surface area contributed by atoms with Gasteiger partial charge in [-0.25, -0.2) is 0 Å². The molecule has 9 heteroatoms. The minimum Gasteiger partial charge on any atom is -0.507 e. The third-order valence-corrected chi connectivity index (χ3v) is 5.27. The van der Waals surface area contributed by atoms with E-state index in [2.05, 4.69) is 5.16 Å². The Balaban J connectivity index is 1.90. The van der Waals surface area contributed by atoms with Crippen LogP contribution in [0.5, 0.6) is 17.2 Å². The molecule has 1 amide bonds. The number of carbonyl (C=O) groups excluding carboxylic acids is 2. The smallest absolute Gasteiger partial charge is 0.301 e. The Morgan fingerprint density at radius 3 is 2.48 bits per heavy atom. The summed E-state index contributed by atoms with van der Waals surface area (Å²) >= 11 is 0. The van der Waals surface area contributed by atoms with Crippen molar-refractivity contribution in [2.45, 2.75) is 19.9 Å². The summed E-state index contributed by atoms with van der Waals surface area (Å²) in [5.74, 6) is -0.884. The number of nitrogens with zero attached hydrogens (tertiary/aromatic N) is 2. The first-order valence-corrected chi connectivity index (χ1v) is 10.2. The molecule has 0 aliphatic carbocycles. The molecule has 0 unspecified atom stereocenters. The standard InChI is InChI=1S/C24H22N2O7/c1-4-32-16-8-5-14(6-9-16)22(28)20-21(15-7-10-17(27)18(12-15)31-3)26(24(30)23(20)29)19-11-13(2)33-25-19/h5-12,21,27-28H,4H2,1-3H3/b22-20+/t21-/m0/s1. The van der Waals surface area contributed by atoms with E-state index in [0.717, 1.165) is 4.90 Å². The van der Waals surface area contributed by atoms with Crippen LogP contribution in [0, 0.1) is 6.92 Å². The first-order chi connectivity index (χ1) is 15.8. The van der Waals surface area contributed by atoms with Crippen molar-refractivity contribution in [2.24, 2.45) is 0 Å². The second-order valence-electron chi connectivity index (χ2n) is 7.35. The number of hydrogen-bond acceptors (Lipinski definition) is 8. The molecule has 3 aromatic rings. The maximum atomic E-state index is 13.1. The fourth-order valence-electron chi connectivity index (χ4n) is 3.75. The highest BCUT2D eigenvalue weighted by molar-refractivity contribution is 6.51. The van der Waals surface area contributed by atoms with Crippen LogP contribution in [-0.4, -0.2) is 40.8 Å². The number of phenols is 1. The van der Waals surface area contributed by atoms with E-state index in [1.165, 1.54) is 25.3 Å². The van der Waals surface area contributed by atoms with Gasteiger partial charge in [0.25, 0.3) is 5.78 Å². The average molecular weight is 450 g/mol. The molecule has 1 aliphatic heterocycles. The van der Waals surface area contributed by atoms with E-state index < -0.39 is 17.7 Å². The number of methoxy groups -OCH3 is 1. The molecule has 1 saturated heterocycles. The highest BCUT2D eigenvalue weighted by Crippen LogP contribution is 2.43. The highest BCUT2D eigenvalue weighted by Gasteiger charge is 2.48. The number of aliphatic hydroxyl groups is 1. The van der Waals surface area contributed by atoms with Crippen molar-refractivity contribution in [3.05, 3.63) is 71.0 Å². The number of amides is 1. The molecular formula is C24H22N2O7. The number of rotatable bonds is 6. The molecule has 33 heavy (non-hydrogen) atoms. The second kappa shape index (κ2) is 8.70. The van der Waals surface area contributed by atoms with Gasteiger partial charge in [0.15, 0.2) is 17.3 Å². The Bertz CT molecular complexity index is 1240. The summed E-state index contributed by atoms with van der Waals surface area (Å²) in [6, 6.07) is 11.4. The number of aromatic nitrogens is 1. The van der Waals surface area contributed by atoms with Crippen LogP contribution in [0.25, 0.3) is 5.76 Å². The lowest BCUT2D eigenvalue weighted by atomic mass is 9.95. The molecule has 2 aromatic carbocycles. The van der Waals surface area contributed by atoms with Gasteiger partial charge in [0, 0.05) is 11.6 Å². The topological polar surface area (TPSA) is 122 Å². The fourth-order valence-corrected chi connectivity index (χ4v) is 3.75. The number of phenolic OH excluding ortho intramolecular Hbond substituents is 1. The van der Waals surface area contributed by atoms with Crippen LogP contribution in [0.1, 0.15) is 29.9 Å². The predicted molar refractivity (Wildman–Crippen MR) is 118 cm³/mol. The average Bonchev–Trinajstić information content (AvgIpc) is 3.35. The van der Waals surface area contributed by atoms with Crippen LogP contribution in [0.4, 0.5) is 5.82 Å². The van der Waals surface area contributed by atoms with Crippen molar-refractivity contribution in [1.82, 2.24) is 5.16 Å². The minimum absolute atomic E-state index is 0.109. The largest absolute Gasteiger partial charge is 0.507 e. The molecule has 1 atom stereocenters.